The van der Waals surface area contributed by atoms with Gasteiger partial charge in [-0.3, -0.25) is 24.0 Å². The number of nitrogens with zero attached hydrogens (tertiary/aromatic N) is 5. The van der Waals surface area contributed by atoms with Crippen LogP contribution in [-0.4, -0.2) is 104 Å². The molecule has 0 radical (unpaired) electrons. The van der Waals surface area contributed by atoms with Gasteiger partial charge in [0.2, 0.25) is 14.3 Å². The molecule has 14 nitrogen and oxygen atoms in total. The average Bonchev–Trinajstić information content (AvgIpc) is 3.83. The fourth-order valence-corrected chi connectivity index (χ4v) is 11.5. The van der Waals surface area contributed by atoms with Crippen molar-refractivity contribution in [3.63, 3.8) is 0 Å². The van der Waals surface area contributed by atoms with Gasteiger partial charge in [0.15, 0.2) is 5.60 Å². The number of aliphatic hydroxyl groups is 2. The summed E-state index contributed by atoms with van der Waals surface area (Å²) < 4.78 is 36.0. The molecule has 2 aromatic carbocycles. The number of nitrogens with one attached hydrogen (secondary N) is 1. The van der Waals surface area contributed by atoms with Crippen molar-refractivity contribution in [1.82, 2.24) is 20.3 Å². The second kappa shape index (κ2) is 18.1. The Balaban J connectivity index is 1.41. The van der Waals surface area contributed by atoms with Crippen molar-refractivity contribution in [3.05, 3.63) is 59.4 Å². The molecule has 4 heterocycles. The van der Waals surface area contributed by atoms with E-state index in [1.165, 1.54) is 7.11 Å². The van der Waals surface area contributed by atoms with Gasteiger partial charge >= 0.3 is 5.97 Å². The van der Waals surface area contributed by atoms with Crippen LogP contribution in [0.25, 0.3) is 0 Å². The van der Waals surface area contributed by atoms with Gasteiger partial charge in [0, 0.05) is 68.1 Å². The van der Waals surface area contributed by atoms with Crippen LogP contribution in [0.2, 0.25) is 18.6 Å². The fourth-order valence-electron chi connectivity index (χ4n) is 8.96. The molecule has 0 aliphatic carbocycles. The smallest absolute Gasteiger partial charge is 0.305 e. The minimum Gasteiger partial charge on any atom is -0.494 e. The van der Waals surface area contributed by atoms with E-state index < -0.39 is 37.6 Å². The zero-order valence-electron chi connectivity index (χ0n) is 33.7. The summed E-state index contributed by atoms with van der Waals surface area (Å²) in [6, 6.07) is 10.7. The zero-order valence-corrected chi connectivity index (χ0v) is 34.7. The summed E-state index contributed by atoms with van der Waals surface area (Å²) in [5.41, 5.74) is 1.95. The number of halogens is 1. The van der Waals surface area contributed by atoms with Crippen molar-refractivity contribution in [2.75, 3.05) is 49.8 Å². The maximum absolute atomic E-state index is 16.6. The third kappa shape index (κ3) is 8.65. The Labute approximate surface area is 334 Å². The Morgan fingerprint density at radius 2 is 1.86 bits per heavy atom. The molecule has 1 spiro atoms. The predicted octanol–water partition coefficient (Wildman–Crippen LogP) is 4.72. The Kier molecular flexibility index (Phi) is 13.5. The number of unbranched alkanes of at least 4 members (excludes halogenated alkanes) is 2. The largest absolute Gasteiger partial charge is 0.494 e. The number of rotatable bonds is 19. The number of esters is 1. The number of hydrogen-bond donors (Lipinski definition) is 3. The third-order valence-corrected chi connectivity index (χ3v) is 14.0. The van der Waals surface area contributed by atoms with Gasteiger partial charge < -0.3 is 38.7 Å². The summed E-state index contributed by atoms with van der Waals surface area (Å²) in [5.74, 6) is -0.627. The summed E-state index contributed by atoms with van der Waals surface area (Å²) in [6.45, 7) is 8.89. The van der Waals surface area contributed by atoms with Crippen molar-refractivity contribution in [1.29, 1.82) is 0 Å². The molecule has 2 amide bonds. The highest BCUT2D eigenvalue weighted by Gasteiger charge is 2.66. The van der Waals surface area contributed by atoms with Crippen LogP contribution >= 0.6 is 0 Å². The number of anilines is 3. The number of aromatic nitrogens is 3. The molecule has 3 aliphatic rings. The molecular formula is C41H57FN6O8Si. The van der Waals surface area contributed by atoms with E-state index >= 15 is 8.90 Å². The van der Waals surface area contributed by atoms with E-state index in [2.05, 4.69) is 15.6 Å². The maximum atomic E-state index is 16.6. The van der Waals surface area contributed by atoms with Gasteiger partial charge in [-0.05, 0) is 107 Å². The summed E-state index contributed by atoms with van der Waals surface area (Å²) in [4.78, 5) is 44.8. The lowest BCUT2D eigenvalue weighted by Crippen LogP contribution is -2.49. The van der Waals surface area contributed by atoms with Crippen LogP contribution in [0.5, 0.6) is 5.75 Å². The highest BCUT2D eigenvalue weighted by atomic mass is 28.4. The summed E-state index contributed by atoms with van der Waals surface area (Å²) in [5, 5.41) is 30.4. The van der Waals surface area contributed by atoms with Gasteiger partial charge in [0.25, 0.3) is 5.91 Å². The molecule has 1 aromatic heterocycles. The van der Waals surface area contributed by atoms with Crippen LogP contribution in [0, 0.1) is 5.92 Å². The lowest BCUT2D eigenvalue weighted by molar-refractivity contribution is -0.146. The zero-order chi connectivity index (χ0) is 40.9. The predicted molar refractivity (Wildman–Crippen MR) is 215 cm³/mol. The first-order valence-electron chi connectivity index (χ1n) is 20.2. The molecule has 0 saturated carbocycles. The summed E-state index contributed by atoms with van der Waals surface area (Å²) in [6.07, 6.45) is 4.90. The molecule has 0 bridgehead atoms. The fraction of sp³-hybridized carbons (Fsp3) is 0.585. The van der Waals surface area contributed by atoms with Gasteiger partial charge in [-0.15, -0.1) is 5.10 Å². The Hall–Kier alpha value is -4.22. The molecule has 1 fully saturated rings. The van der Waals surface area contributed by atoms with Crippen LogP contribution < -0.4 is 19.9 Å². The van der Waals surface area contributed by atoms with Crippen LogP contribution in [0.1, 0.15) is 69.2 Å². The van der Waals surface area contributed by atoms with Gasteiger partial charge in [-0.25, -0.2) is 0 Å². The van der Waals surface area contributed by atoms with Crippen LogP contribution in [-0.2, 0) is 48.8 Å². The number of amides is 2. The number of fused-ring (bicyclic) bond motifs is 3. The lowest BCUT2D eigenvalue weighted by atomic mass is 9.82. The van der Waals surface area contributed by atoms with Gasteiger partial charge in [0.1, 0.15) is 5.75 Å². The van der Waals surface area contributed by atoms with Crippen LogP contribution in [0.3, 0.4) is 0 Å². The number of aliphatic hydroxyl groups excluding tert-OH is 2. The number of benzene rings is 2. The Bertz CT molecular complexity index is 1910. The molecule has 5 atom stereocenters. The van der Waals surface area contributed by atoms with Crippen molar-refractivity contribution < 1.29 is 42.9 Å². The average molecular weight is 809 g/mol. The number of carbonyl (C=O) groups excluding carboxylic acids is 3. The molecule has 3 N–H and O–H groups in total. The van der Waals surface area contributed by atoms with Crippen molar-refractivity contribution in [3.8, 4) is 5.75 Å². The summed E-state index contributed by atoms with van der Waals surface area (Å²) >= 11 is 0. The second-order valence-electron chi connectivity index (χ2n) is 15.7. The monoisotopic (exact) mass is 808 g/mol. The van der Waals surface area contributed by atoms with Crippen molar-refractivity contribution >= 4 is 43.3 Å². The number of methoxy groups -OCH3 is 1. The maximum Gasteiger partial charge on any atom is 0.305 e. The standard InChI is InChI=1S/C41H57FN6O8Si/c1-6-55-31-13-15-34-28(23-31)24-33(43-18-8-10-21-49)39(52)48(34)30-12-14-35-32(25-30)41(40(53)47(35)19-9-7-11-37(51)54-3)27(2)38(57(4,5)42)36(56-41)16-20-46-26-29(17-22-50)44-45-46/h12-15,23,25-27,33,36,38,43,49-50H,6-11,16-22,24H2,1-5H3/t27-,33?,36+,38-,41+/m1/s1. The Morgan fingerprint density at radius 1 is 1.07 bits per heavy atom. The summed E-state index contributed by atoms with van der Waals surface area (Å²) in [7, 11) is -2.13. The molecule has 3 aliphatic heterocycles. The third-order valence-electron chi connectivity index (χ3n) is 11.6. The van der Waals surface area contributed by atoms with E-state index in [-0.39, 0.29) is 37.4 Å². The molecule has 6 rings (SSSR count). The van der Waals surface area contributed by atoms with E-state index in [4.69, 9.17) is 14.2 Å². The van der Waals surface area contributed by atoms with E-state index in [1.807, 2.05) is 50.2 Å². The number of ether oxygens (including phenoxy) is 3. The highest BCUT2D eigenvalue weighted by molar-refractivity contribution is 6.72. The van der Waals surface area contributed by atoms with Gasteiger partial charge in [-0.2, -0.15) is 0 Å². The molecule has 16 heteroatoms. The molecular weight excluding hydrogens is 752 g/mol. The van der Waals surface area contributed by atoms with Gasteiger partial charge in [0.05, 0.1) is 42.9 Å². The van der Waals surface area contributed by atoms with Crippen molar-refractivity contribution in [2.24, 2.45) is 5.92 Å². The first kappa shape index (κ1) is 42.4. The first-order chi connectivity index (χ1) is 27.4. The quantitative estimate of drug-likeness (QED) is 0.0664. The highest BCUT2D eigenvalue weighted by Crippen LogP contribution is 2.61. The Morgan fingerprint density at radius 3 is 2.58 bits per heavy atom. The number of carbonyl (C=O) groups is 3. The van der Waals surface area contributed by atoms with Crippen LogP contribution in [0.15, 0.2) is 42.6 Å². The van der Waals surface area contributed by atoms with Gasteiger partial charge in [-0.1, -0.05) is 12.1 Å². The normalized spacial score (nSPS) is 23.0. The van der Waals surface area contributed by atoms with Crippen LogP contribution in [0.4, 0.5) is 21.2 Å². The number of hydrogen-bond acceptors (Lipinski definition) is 11. The van der Waals surface area contributed by atoms with Crippen molar-refractivity contribution in [2.45, 2.75) is 108 Å². The van der Waals surface area contributed by atoms with E-state index in [9.17, 15) is 19.8 Å². The van der Waals surface area contributed by atoms with E-state index in [1.54, 1.807) is 33.8 Å². The molecule has 310 valence electrons. The molecule has 57 heavy (non-hydrogen) atoms. The minimum absolute atomic E-state index is 0.0540. The molecule has 1 saturated heterocycles. The number of aryl methyl sites for hydroxylation is 1. The minimum atomic E-state index is -3.48. The van der Waals surface area contributed by atoms with E-state index in [0.717, 1.165) is 5.56 Å². The lowest BCUT2D eigenvalue weighted by Gasteiger charge is -2.36. The molecule has 1 unspecified atom stereocenters. The van der Waals surface area contributed by atoms with E-state index in [0.29, 0.717) is 105 Å². The molecule has 3 aromatic rings. The SMILES string of the molecule is CCOc1ccc2c(c1)CC(NCCCCO)C(=O)N2c1ccc2c(c1)[C@]1(O[C@@H](CCn3cc(CCO)nn3)[C@H]([Si](C)(C)F)[C@H]1C)C(=O)N2CCCCC(=O)OC. The first-order valence-corrected chi connectivity index (χ1v) is 23.2. The second-order valence-corrected chi connectivity index (χ2v) is 19.5. The topological polar surface area (TPSA) is 169 Å².